The topological polar surface area (TPSA) is 74.0 Å². The molecule has 0 bridgehead atoms. The van der Waals surface area contributed by atoms with Crippen molar-refractivity contribution in [2.24, 2.45) is 0 Å². The average molecular weight is 403 g/mol. The number of carbonyl (C=O) groups is 1. The number of alkyl halides is 1. The molecule has 1 N–H and O–H groups in total. The molecule has 0 saturated carbocycles. The first-order chi connectivity index (χ1) is 14.6. The van der Waals surface area contributed by atoms with Gasteiger partial charge in [0.2, 0.25) is 5.91 Å². The lowest BCUT2D eigenvalue weighted by Crippen LogP contribution is -2.20. The lowest BCUT2D eigenvalue weighted by Gasteiger charge is -2.17. The average Bonchev–Trinajstić information content (AvgIpc) is 3.38. The number of halogens is 1. The van der Waals surface area contributed by atoms with E-state index in [0.29, 0.717) is 30.9 Å². The van der Waals surface area contributed by atoms with Crippen LogP contribution in [0.15, 0.2) is 60.8 Å². The zero-order valence-electron chi connectivity index (χ0n) is 16.5. The van der Waals surface area contributed by atoms with Gasteiger partial charge in [-0.15, -0.1) is 0 Å². The van der Waals surface area contributed by atoms with Crippen molar-refractivity contribution in [3.05, 3.63) is 77.5 Å². The van der Waals surface area contributed by atoms with E-state index >= 15 is 0 Å². The van der Waals surface area contributed by atoms with Gasteiger partial charge in [0, 0.05) is 31.0 Å². The maximum Gasteiger partial charge on any atom is 0.229 e. The van der Waals surface area contributed by atoms with E-state index in [0.717, 1.165) is 23.4 Å². The lowest BCUT2D eigenvalue weighted by molar-refractivity contribution is -0.115. The van der Waals surface area contributed by atoms with E-state index in [-0.39, 0.29) is 12.3 Å². The van der Waals surface area contributed by atoms with Crippen molar-refractivity contribution in [1.29, 1.82) is 5.26 Å². The van der Waals surface area contributed by atoms with Gasteiger partial charge in [-0.1, -0.05) is 24.3 Å². The molecule has 1 aliphatic heterocycles. The summed E-state index contributed by atoms with van der Waals surface area (Å²) in [6.07, 6.45) is 1.86. The van der Waals surface area contributed by atoms with E-state index in [2.05, 4.69) is 16.5 Å². The van der Waals surface area contributed by atoms with Crippen molar-refractivity contribution in [2.75, 3.05) is 23.3 Å². The number of nitrogens with zero attached hydrogens (tertiary/aromatic N) is 4. The molecule has 1 saturated heterocycles. The fourth-order valence-electron chi connectivity index (χ4n) is 3.54. The van der Waals surface area contributed by atoms with Gasteiger partial charge in [0.25, 0.3) is 0 Å². The van der Waals surface area contributed by atoms with Gasteiger partial charge in [0.1, 0.15) is 6.17 Å². The van der Waals surface area contributed by atoms with Crippen molar-refractivity contribution in [2.45, 2.75) is 25.6 Å². The van der Waals surface area contributed by atoms with Crippen LogP contribution >= 0.6 is 0 Å². The van der Waals surface area contributed by atoms with Crippen molar-refractivity contribution in [3.63, 3.8) is 0 Å². The number of amides is 1. The van der Waals surface area contributed by atoms with Crippen LogP contribution in [0.1, 0.15) is 23.1 Å². The molecular formula is C23H22FN5O. The van der Waals surface area contributed by atoms with Crippen LogP contribution in [0, 0.1) is 11.3 Å². The van der Waals surface area contributed by atoms with Crippen LogP contribution in [0.3, 0.4) is 0 Å². The first-order valence-electron chi connectivity index (χ1n) is 9.89. The van der Waals surface area contributed by atoms with Gasteiger partial charge in [-0.3, -0.25) is 9.48 Å². The van der Waals surface area contributed by atoms with Crippen LogP contribution in [0.2, 0.25) is 0 Å². The molecule has 0 spiro atoms. The highest BCUT2D eigenvalue weighted by Crippen LogP contribution is 2.22. The van der Waals surface area contributed by atoms with Crippen LogP contribution in [0.5, 0.6) is 0 Å². The molecule has 30 heavy (non-hydrogen) atoms. The van der Waals surface area contributed by atoms with Gasteiger partial charge in [-0.05, 0) is 41.8 Å². The Morgan fingerprint density at radius 1 is 1.13 bits per heavy atom. The Kier molecular flexibility index (Phi) is 5.75. The second-order valence-corrected chi connectivity index (χ2v) is 7.43. The number of nitrogens with one attached hydrogen (secondary N) is 1. The number of benzene rings is 2. The fraction of sp³-hybridized carbons (Fsp3) is 0.261. The maximum absolute atomic E-state index is 13.4. The van der Waals surface area contributed by atoms with E-state index in [4.69, 9.17) is 5.26 Å². The van der Waals surface area contributed by atoms with Crippen molar-refractivity contribution in [3.8, 4) is 6.07 Å². The number of hydrogen-bond donors (Lipinski definition) is 1. The molecule has 0 unspecified atom stereocenters. The summed E-state index contributed by atoms with van der Waals surface area (Å²) in [5.41, 5.74) is 3.52. The third-order valence-corrected chi connectivity index (χ3v) is 5.13. The van der Waals surface area contributed by atoms with Crippen LogP contribution in [0.4, 0.5) is 15.9 Å². The van der Waals surface area contributed by atoms with Crippen LogP contribution in [-0.4, -0.2) is 34.9 Å². The quantitative estimate of drug-likeness (QED) is 0.683. The van der Waals surface area contributed by atoms with E-state index in [1.54, 1.807) is 29.1 Å². The van der Waals surface area contributed by atoms with E-state index in [1.807, 2.05) is 41.3 Å². The highest BCUT2D eigenvalue weighted by molar-refractivity contribution is 5.91. The minimum absolute atomic E-state index is 0.142. The van der Waals surface area contributed by atoms with Gasteiger partial charge < -0.3 is 10.2 Å². The number of anilines is 2. The summed E-state index contributed by atoms with van der Waals surface area (Å²) in [6.45, 7) is 1.72. The Morgan fingerprint density at radius 3 is 2.53 bits per heavy atom. The predicted molar refractivity (Wildman–Crippen MR) is 113 cm³/mol. The number of rotatable bonds is 6. The van der Waals surface area contributed by atoms with E-state index in [1.165, 1.54) is 0 Å². The SMILES string of the molecule is N#Cc1ccc(Cn2ccc(NC(=O)Cc3ccc(N4CC[C@@H](F)C4)cc3)n2)cc1. The summed E-state index contributed by atoms with van der Waals surface area (Å²) in [4.78, 5) is 14.4. The molecule has 1 fully saturated rings. The normalized spacial score (nSPS) is 15.7. The third-order valence-electron chi connectivity index (χ3n) is 5.13. The molecule has 1 aliphatic rings. The molecule has 3 aromatic rings. The second kappa shape index (κ2) is 8.78. The van der Waals surface area contributed by atoms with Crippen LogP contribution in [0.25, 0.3) is 0 Å². The van der Waals surface area contributed by atoms with Gasteiger partial charge >= 0.3 is 0 Å². The highest BCUT2D eigenvalue weighted by Gasteiger charge is 2.21. The first kappa shape index (κ1) is 19.6. The third kappa shape index (κ3) is 4.84. The molecule has 2 heterocycles. The summed E-state index contributed by atoms with van der Waals surface area (Å²) in [5.74, 6) is 0.354. The Labute approximate surface area is 174 Å². The zero-order valence-corrected chi connectivity index (χ0v) is 16.5. The summed E-state index contributed by atoms with van der Waals surface area (Å²) in [7, 11) is 0. The zero-order chi connectivity index (χ0) is 20.9. The largest absolute Gasteiger partial charge is 0.369 e. The van der Waals surface area contributed by atoms with Crippen molar-refractivity contribution < 1.29 is 9.18 Å². The monoisotopic (exact) mass is 403 g/mol. The van der Waals surface area contributed by atoms with E-state index < -0.39 is 6.17 Å². The molecule has 1 aromatic heterocycles. The minimum atomic E-state index is -0.757. The smallest absolute Gasteiger partial charge is 0.229 e. The lowest BCUT2D eigenvalue weighted by atomic mass is 10.1. The molecule has 7 heteroatoms. The minimum Gasteiger partial charge on any atom is -0.369 e. The highest BCUT2D eigenvalue weighted by atomic mass is 19.1. The molecule has 6 nitrogen and oxygen atoms in total. The van der Waals surface area contributed by atoms with Crippen molar-refractivity contribution >= 4 is 17.4 Å². The number of nitriles is 1. The molecule has 152 valence electrons. The second-order valence-electron chi connectivity index (χ2n) is 7.43. The van der Waals surface area contributed by atoms with Gasteiger partial charge in [0.05, 0.1) is 24.6 Å². The molecule has 1 atom stereocenters. The van der Waals surface area contributed by atoms with Gasteiger partial charge in [-0.2, -0.15) is 10.4 Å². The Balaban J connectivity index is 1.30. The van der Waals surface area contributed by atoms with Gasteiger partial charge in [0.15, 0.2) is 5.82 Å². The first-order valence-corrected chi connectivity index (χ1v) is 9.89. The maximum atomic E-state index is 13.4. The summed E-state index contributed by atoms with van der Waals surface area (Å²) in [6, 6.07) is 18.9. The summed E-state index contributed by atoms with van der Waals surface area (Å²) < 4.78 is 15.1. The number of carbonyl (C=O) groups excluding carboxylic acids is 1. The molecule has 4 rings (SSSR count). The molecule has 0 aliphatic carbocycles. The van der Waals surface area contributed by atoms with Crippen LogP contribution < -0.4 is 10.2 Å². The number of aromatic nitrogens is 2. The molecule has 0 radical (unpaired) electrons. The molecule has 2 aromatic carbocycles. The standard InChI is InChI=1S/C23H22FN5O/c24-20-9-11-28(16-20)21-7-5-17(6-8-21)13-23(30)26-22-10-12-29(27-22)15-19-3-1-18(14-25)2-4-19/h1-8,10,12,20H,9,11,13,15-16H2,(H,26,27,30)/t20-/m1/s1. The Morgan fingerprint density at radius 2 is 1.87 bits per heavy atom. The van der Waals surface area contributed by atoms with Gasteiger partial charge in [-0.25, -0.2) is 4.39 Å². The van der Waals surface area contributed by atoms with E-state index in [9.17, 15) is 9.18 Å². The summed E-state index contributed by atoms with van der Waals surface area (Å²) in [5, 5.41) is 16.1. The Bertz CT molecular complexity index is 1050. The van der Waals surface area contributed by atoms with Crippen LogP contribution in [-0.2, 0) is 17.8 Å². The number of hydrogen-bond acceptors (Lipinski definition) is 4. The van der Waals surface area contributed by atoms with Crippen molar-refractivity contribution in [1.82, 2.24) is 9.78 Å². The molecular weight excluding hydrogens is 381 g/mol. The fourth-order valence-corrected chi connectivity index (χ4v) is 3.54. The Hall–Kier alpha value is -3.66. The molecule has 1 amide bonds. The summed E-state index contributed by atoms with van der Waals surface area (Å²) >= 11 is 0. The predicted octanol–water partition coefficient (Wildman–Crippen LogP) is 3.53.